The van der Waals surface area contributed by atoms with Crippen molar-refractivity contribution < 1.29 is 26.3 Å². The van der Waals surface area contributed by atoms with Crippen LogP contribution in [-0.2, 0) is 0 Å². The summed E-state index contributed by atoms with van der Waals surface area (Å²) in [5.41, 5.74) is -0.972. The highest BCUT2D eigenvalue weighted by atomic mass is 19.4. The minimum Gasteiger partial charge on any atom is -0.380 e. The Kier molecular flexibility index (Phi) is 6.63. The summed E-state index contributed by atoms with van der Waals surface area (Å²) in [7, 11) is 0. The molecule has 0 bridgehead atoms. The molecule has 4 unspecified atom stereocenters. The molecule has 1 aromatic rings. The standard InChI is InChI=1S/C25H29F6N5/c1-14-10-32-23-24(13-33-35-23)4-3-17(18(22(14)24)9-25(29,30)31)21-19(27)7-15(8-20(21)28)34-16-11-36(12-16)6-2-5-26/h3-4,7-8,14,16-18,22,34H,2,5-6,9-13H2,1H3/t14?,17-,18?,22?,24?/m0/s1. The van der Waals surface area contributed by atoms with Crippen molar-refractivity contribution >= 4 is 11.5 Å². The summed E-state index contributed by atoms with van der Waals surface area (Å²) in [6.07, 6.45) is -2.00. The van der Waals surface area contributed by atoms with Gasteiger partial charge in [0.05, 0.1) is 24.7 Å². The van der Waals surface area contributed by atoms with Crippen LogP contribution in [0.4, 0.5) is 32.0 Å². The van der Waals surface area contributed by atoms with Gasteiger partial charge in [0.1, 0.15) is 11.6 Å². The molecule has 5 rings (SSSR count). The van der Waals surface area contributed by atoms with Gasteiger partial charge in [0.2, 0.25) is 0 Å². The van der Waals surface area contributed by atoms with E-state index in [0.29, 0.717) is 38.4 Å². The molecule has 0 radical (unpaired) electrons. The fraction of sp³-hybridized carbons (Fsp3) is 0.640. The van der Waals surface area contributed by atoms with Crippen LogP contribution in [0.3, 0.4) is 0 Å². The van der Waals surface area contributed by atoms with Gasteiger partial charge in [-0.2, -0.15) is 18.3 Å². The van der Waals surface area contributed by atoms with Crippen molar-refractivity contribution in [2.24, 2.45) is 38.4 Å². The normalized spacial score (nSPS) is 32.1. The molecule has 196 valence electrons. The first-order valence-electron chi connectivity index (χ1n) is 12.3. The fourth-order valence-corrected chi connectivity index (χ4v) is 6.53. The number of aliphatic imine (C=N–C) groups is 1. The summed E-state index contributed by atoms with van der Waals surface area (Å²) >= 11 is 0. The van der Waals surface area contributed by atoms with Gasteiger partial charge in [-0.3, -0.25) is 14.3 Å². The number of halogens is 6. The maximum absolute atomic E-state index is 15.4. The number of alkyl halides is 4. The number of nitrogens with one attached hydrogen (secondary N) is 1. The summed E-state index contributed by atoms with van der Waals surface area (Å²) in [6, 6.07) is 2.28. The average Bonchev–Trinajstić information content (AvgIpc) is 3.18. The number of hydrogen-bond donors (Lipinski definition) is 1. The van der Waals surface area contributed by atoms with Crippen LogP contribution < -0.4 is 5.32 Å². The highest BCUT2D eigenvalue weighted by Gasteiger charge is 2.57. The zero-order valence-electron chi connectivity index (χ0n) is 19.9. The second-order valence-electron chi connectivity index (χ2n) is 10.5. The van der Waals surface area contributed by atoms with Gasteiger partial charge in [0, 0.05) is 49.8 Å². The molecule has 1 saturated heterocycles. The molecule has 36 heavy (non-hydrogen) atoms. The van der Waals surface area contributed by atoms with E-state index in [-0.39, 0.29) is 29.8 Å². The molecule has 4 aliphatic rings. The number of likely N-dealkylation sites (tertiary alicyclic amines) is 1. The number of hydrogen-bond acceptors (Lipinski definition) is 5. The van der Waals surface area contributed by atoms with Crippen molar-refractivity contribution in [3.63, 3.8) is 0 Å². The van der Waals surface area contributed by atoms with Gasteiger partial charge in [-0.15, -0.1) is 5.11 Å². The zero-order chi connectivity index (χ0) is 25.7. The highest BCUT2D eigenvalue weighted by molar-refractivity contribution is 5.93. The number of azo groups is 1. The largest absolute Gasteiger partial charge is 0.389 e. The van der Waals surface area contributed by atoms with Gasteiger partial charge >= 0.3 is 6.18 Å². The van der Waals surface area contributed by atoms with E-state index in [1.54, 1.807) is 6.08 Å². The maximum Gasteiger partial charge on any atom is 0.389 e. The first-order valence-corrected chi connectivity index (χ1v) is 12.3. The Hall–Kier alpha value is -2.43. The molecule has 0 aromatic heterocycles. The summed E-state index contributed by atoms with van der Waals surface area (Å²) < 4.78 is 84.5. The lowest BCUT2D eigenvalue weighted by molar-refractivity contribution is -0.154. The van der Waals surface area contributed by atoms with Crippen LogP contribution in [-0.4, -0.2) is 62.4 Å². The smallest absolute Gasteiger partial charge is 0.380 e. The van der Waals surface area contributed by atoms with E-state index in [1.807, 2.05) is 11.8 Å². The van der Waals surface area contributed by atoms with Gasteiger partial charge in [0.25, 0.3) is 0 Å². The number of rotatable bonds is 7. The Bertz CT molecular complexity index is 1060. The molecule has 5 nitrogen and oxygen atoms in total. The molecular formula is C25H29F6N5. The van der Waals surface area contributed by atoms with Crippen molar-refractivity contribution in [2.75, 3.05) is 44.7 Å². The van der Waals surface area contributed by atoms with Crippen molar-refractivity contribution in [1.82, 2.24) is 4.90 Å². The van der Waals surface area contributed by atoms with Gasteiger partial charge in [0.15, 0.2) is 5.84 Å². The van der Waals surface area contributed by atoms with Crippen molar-refractivity contribution in [3.8, 4) is 0 Å². The third-order valence-electron chi connectivity index (χ3n) is 7.99. The number of allylic oxidation sites excluding steroid dienone is 1. The van der Waals surface area contributed by atoms with Crippen LogP contribution in [0.5, 0.6) is 0 Å². The molecule has 1 fully saturated rings. The van der Waals surface area contributed by atoms with E-state index < -0.39 is 54.1 Å². The Balaban J connectivity index is 1.43. The molecule has 3 aliphatic heterocycles. The predicted molar refractivity (Wildman–Crippen MR) is 124 cm³/mol. The molecule has 1 aliphatic carbocycles. The van der Waals surface area contributed by atoms with Crippen molar-refractivity contribution in [2.45, 2.75) is 37.9 Å². The topological polar surface area (TPSA) is 52.4 Å². The zero-order valence-corrected chi connectivity index (χ0v) is 19.9. The lowest BCUT2D eigenvalue weighted by Crippen LogP contribution is -2.54. The van der Waals surface area contributed by atoms with Crippen LogP contribution in [0.15, 0.2) is 39.5 Å². The second kappa shape index (κ2) is 9.46. The monoisotopic (exact) mass is 513 g/mol. The number of amidine groups is 1. The highest BCUT2D eigenvalue weighted by Crippen LogP contribution is 2.57. The second-order valence-corrected chi connectivity index (χ2v) is 10.5. The summed E-state index contributed by atoms with van der Waals surface area (Å²) in [5.74, 6) is -4.30. The minimum atomic E-state index is -4.51. The van der Waals surface area contributed by atoms with Crippen LogP contribution in [0.25, 0.3) is 0 Å². The van der Waals surface area contributed by atoms with E-state index in [2.05, 4.69) is 20.5 Å². The summed E-state index contributed by atoms with van der Waals surface area (Å²) in [5, 5.41) is 11.2. The van der Waals surface area contributed by atoms with Gasteiger partial charge in [-0.05, 0) is 36.3 Å². The number of benzene rings is 1. The molecule has 3 heterocycles. The molecule has 5 atom stereocenters. The van der Waals surface area contributed by atoms with E-state index in [9.17, 15) is 17.6 Å². The third kappa shape index (κ3) is 4.54. The Morgan fingerprint density at radius 1 is 1.17 bits per heavy atom. The number of nitrogens with zero attached hydrogens (tertiary/aromatic N) is 4. The third-order valence-corrected chi connectivity index (χ3v) is 7.99. The van der Waals surface area contributed by atoms with Crippen LogP contribution in [0, 0.1) is 34.8 Å². The molecule has 1 spiro atoms. The average molecular weight is 514 g/mol. The molecule has 0 amide bonds. The Morgan fingerprint density at radius 3 is 2.56 bits per heavy atom. The van der Waals surface area contributed by atoms with Crippen LogP contribution in [0.2, 0.25) is 0 Å². The quantitative estimate of drug-likeness (QED) is 0.372. The van der Waals surface area contributed by atoms with Gasteiger partial charge < -0.3 is 5.32 Å². The van der Waals surface area contributed by atoms with Crippen molar-refractivity contribution in [1.29, 1.82) is 0 Å². The SMILES string of the molecule is CC1CN=C2N=NCC23C=C[C@H](c2c(F)cc(NC4CN(CCCF)C4)cc2F)C(CC(F)(F)F)C13. The fourth-order valence-electron chi connectivity index (χ4n) is 6.53. The first kappa shape index (κ1) is 25.2. The maximum atomic E-state index is 15.4. The van der Waals surface area contributed by atoms with Crippen LogP contribution >= 0.6 is 0 Å². The molecule has 11 heteroatoms. The molecule has 1 aromatic carbocycles. The van der Waals surface area contributed by atoms with E-state index in [4.69, 9.17) is 0 Å². The van der Waals surface area contributed by atoms with Gasteiger partial charge in [-0.25, -0.2) is 8.78 Å². The molecular weight excluding hydrogens is 484 g/mol. The lowest BCUT2D eigenvalue weighted by Gasteiger charge is -2.49. The summed E-state index contributed by atoms with van der Waals surface area (Å²) in [4.78, 5) is 6.47. The Labute approximate surface area is 205 Å². The first-order chi connectivity index (χ1) is 17.1. The number of anilines is 1. The minimum absolute atomic E-state index is 0.0302. The van der Waals surface area contributed by atoms with Gasteiger partial charge in [-0.1, -0.05) is 19.1 Å². The van der Waals surface area contributed by atoms with E-state index >= 15 is 8.78 Å². The van der Waals surface area contributed by atoms with Crippen LogP contribution in [0.1, 0.15) is 31.2 Å². The molecule has 1 N–H and O–H groups in total. The summed E-state index contributed by atoms with van der Waals surface area (Å²) in [6.45, 7) is 3.81. The lowest BCUT2D eigenvalue weighted by atomic mass is 9.55. The van der Waals surface area contributed by atoms with E-state index in [0.717, 1.165) is 12.1 Å². The Morgan fingerprint density at radius 2 is 1.89 bits per heavy atom. The molecule has 0 saturated carbocycles. The van der Waals surface area contributed by atoms with E-state index in [1.165, 1.54) is 6.08 Å². The predicted octanol–water partition coefficient (Wildman–Crippen LogP) is 5.76. The van der Waals surface area contributed by atoms with Crippen molar-refractivity contribution in [3.05, 3.63) is 41.5 Å².